The van der Waals surface area contributed by atoms with E-state index in [0.29, 0.717) is 39.8 Å². The Hall–Kier alpha value is -4.86. The largest absolute Gasteiger partial charge is 0.493 e. The van der Waals surface area contributed by atoms with Crippen LogP contribution < -0.4 is 24.4 Å². The van der Waals surface area contributed by atoms with E-state index in [2.05, 4.69) is 5.32 Å². The highest BCUT2D eigenvalue weighted by atomic mass is 16.5. The van der Waals surface area contributed by atoms with Gasteiger partial charge in [0.25, 0.3) is 17.7 Å². The SMILES string of the molecule is COc1cc(NC(=O)COC(=O)c2ccc(N3C(=O)c4ccccc4C3=O)cc2)cc(OC)c1OC. The monoisotopic (exact) mass is 490 g/mol. The molecule has 1 N–H and O–H groups in total. The van der Waals surface area contributed by atoms with Crippen molar-refractivity contribution in [2.75, 3.05) is 38.2 Å². The Morgan fingerprint density at radius 3 is 1.86 bits per heavy atom. The lowest BCUT2D eigenvalue weighted by Gasteiger charge is -2.15. The number of hydrogen-bond acceptors (Lipinski definition) is 8. The minimum atomic E-state index is -0.746. The summed E-state index contributed by atoms with van der Waals surface area (Å²) in [4.78, 5) is 51.0. The van der Waals surface area contributed by atoms with Gasteiger partial charge in [0.05, 0.1) is 43.7 Å². The summed E-state index contributed by atoms with van der Waals surface area (Å²) in [5, 5.41) is 2.60. The van der Waals surface area contributed by atoms with Crippen LogP contribution in [0.3, 0.4) is 0 Å². The summed E-state index contributed by atoms with van der Waals surface area (Å²) in [5.41, 5.74) is 1.47. The van der Waals surface area contributed by atoms with Crippen molar-refractivity contribution in [3.63, 3.8) is 0 Å². The highest BCUT2D eigenvalue weighted by molar-refractivity contribution is 6.34. The van der Waals surface area contributed by atoms with Gasteiger partial charge in [-0.25, -0.2) is 9.69 Å². The zero-order valence-electron chi connectivity index (χ0n) is 19.7. The molecule has 1 aliphatic rings. The summed E-state index contributed by atoms with van der Waals surface area (Å²) >= 11 is 0. The normalized spacial score (nSPS) is 12.1. The second-order valence-electron chi connectivity index (χ2n) is 7.58. The van der Waals surface area contributed by atoms with Gasteiger partial charge in [-0.2, -0.15) is 0 Å². The van der Waals surface area contributed by atoms with Crippen molar-refractivity contribution in [1.29, 1.82) is 0 Å². The molecule has 0 aliphatic carbocycles. The smallest absolute Gasteiger partial charge is 0.338 e. The fourth-order valence-corrected chi connectivity index (χ4v) is 3.74. The van der Waals surface area contributed by atoms with Crippen LogP contribution in [0.4, 0.5) is 11.4 Å². The van der Waals surface area contributed by atoms with Gasteiger partial charge < -0.3 is 24.3 Å². The second-order valence-corrected chi connectivity index (χ2v) is 7.58. The van der Waals surface area contributed by atoms with Gasteiger partial charge in [-0.15, -0.1) is 0 Å². The van der Waals surface area contributed by atoms with Gasteiger partial charge in [-0.05, 0) is 36.4 Å². The molecule has 0 bridgehead atoms. The van der Waals surface area contributed by atoms with Crippen molar-refractivity contribution in [1.82, 2.24) is 0 Å². The molecule has 1 aliphatic heterocycles. The van der Waals surface area contributed by atoms with E-state index in [0.717, 1.165) is 4.90 Å². The minimum Gasteiger partial charge on any atom is -0.493 e. The molecule has 3 aromatic rings. The quantitative estimate of drug-likeness (QED) is 0.377. The Morgan fingerprint density at radius 1 is 0.806 bits per heavy atom. The van der Waals surface area contributed by atoms with Gasteiger partial charge in [0.15, 0.2) is 18.1 Å². The van der Waals surface area contributed by atoms with Gasteiger partial charge in [-0.1, -0.05) is 12.1 Å². The second kappa shape index (κ2) is 10.2. The molecule has 10 nitrogen and oxygen atoms in total. The summed E-state index contributed by atoms with van der Waals surface area (Å²) in [5.74, 6) is -1.13. The van der Waals surface area contributed by atoms with Crippen molar-refractivity contribution >= 4 is 35.1 Å². The third-order valence-electron chi connectivity index (χ3n) is 5.44. The van der Waals surface area contributed by atoms with E-state index in [1.165, 1.54) is 45.6 Å². The van der Waals surface area contributed by atoms with Crippen molar-refractivity contribution < 1.29 is 38.1 Å². The van der Waals surface area contributed by atoms with E-state index >= 15 is 0 Å². The molecule has 0 radical (unpaired) electrons. The molecule has 10 heteroatoms. The number of ether oxygens (including phenoxy) is 4. The number of methoxy groups -OCH3 is 3. The maximum atomic E-state index is 12.6. The molecule has 0 aromatic heterocycles. The van der Waals surface area contributed by atoms with Crippen LogP contribution in [0, 0.1) is 0 Å². The van der Waals surface area contributed by atoms with Gasteiger partial charge >= 0.3 is 5.97 Å². The fourth-order valence-electron chi connectivity index (χ4n) is 3.74. The first-order valence-corrected chi connectivity index (χ1v) is 10.7. The third kappa shape index (κ3) is 4.56. The minimum absolute atomic E-state index is 0.149. The van der Waals surface area contributed by atoms with Crippen LogP contribution in [0.2, 0.25) is 0 Å². The van der Waals surface area contributed by atoms with Crippen LogP contribution in [0.15, 0.2) is 60.7 Å². The van der Waals surface area contributed by atoms with E-state index in [-0.39, 0.29) is 5.56 Å². The average molecular weight is 490 g/mol. The summed E-state index contributed by atoms with van der Waals surface area (Å²) in [6.07, 6.45) is 0. The lowest BCUT2D eigenvalue weighted by atomic mass is 10.1. The molecular weight excluding hydrogens is 468 g/mol. The Labute approximate surface area is 206 Å². The Bertz CT molecular complexity index is 1290. The molecule has 4 rings (SSSR count). The number of anilines is 2. The summed E-state index contributed by atoms with van der Waals surface area (Å²) < 4.78 is 20.8. The van der Waals surface area contributed by atoms with Crippen LogP contribution in [-0.2, 0) is 9.53 Å². The first-order valence-electron chi connectivity index (χ1n) is 10.7. The molecule has 3 aromatic carbocycles. The van der Waals surface area contributed by atoms with E-state index in [9.17, 15) is 19.2 Å². The number of imide groups is 1. The number of carbonyl (C=O) groups excluding carboxylic acids is 4. The molecule has 0 atom stereocenters. The van der Waals surface area contributed by atoms with Crippen LogP contribution in [0.5, 0.6) is 17.2 Å². The van der Waals surface area contributed by atoms with E-state index in [1.807, 2.05) is 0 Å². The fraction of sp³-hybridized carbons (Fsp3) is 0.154. The number of benzene rings is 3. The van der Waals surface area contributed by atoms with Crippen molar-refractivity contribution in [2.45, 2.75) is 0 Å². The maximum absolute atomic E-state index is 12.6. The number of fused-ring (bicyclic) bond motifs is 1. The summed E-state index contributed by atoms with van der Waals surface area (Å²) in [7, 11) is 4.36. The first kappa shape index (κ1) is 24.3. The Kier molecular flexibility index (Phi) is 6.86. The molecule has 0 fully saturated rings. The topological polar surface area (TPSA) is 120 Å². The van der Waals surface area contributed by atoms with Crippen LogP contribution in [0.25, 0.3) is 0 Å². The zero-order valence-corrected chi connectivity index (χ0v) is 19.7. The lowest BCUT2D eigenvalue weighted by Crippen LogP contribution is -2.29. The molecule has 0 spiro atoms. The maximum Gasteiger partial charge on any atom is 0.338 e. The predicted octanol–water partition coefficient (Wildman–Crippen LogP) is 3.31. The Morgan fingerprint density at radius 2 is 1.36 bits per heavy atom. The number of nitrogens with one attached hydrogen (secondary N) is 1. The van der Waals surface area contributed by atoms with Crippen molar-refractivity contribution in [3.05, 3.63) is 77.4 Å². The van der Waals surface area contributed by atoms with Gasteiger partial charge in [0, 0.05) is 17.8 Å². The predicted molar refractivity (Wildman–Crippen MR) is 129 cm³/mol. The molecule has 0 saturated heterocycles. The number of carbonyl (C=O) groups is 4. The highest BCUT2D eigenvalue weighted by Gasteiger charge is 2.36. The molecule has 0 saturated carbocycles. The van der Waals surface area contributed by atoms with Crippen LogP contribution in [-0.4, -0.2) is 51.6 Å². The van der Waals surface area contributed by atoms with Gasteiger partial charge in [0.1, 0.15) is 0 Å². The van der Waals surface area contributed by atoms with Crippen molar-refractivity contribution in [2.24, 2.45) is 0 Å². The molecule has 36 heavy (non-hydrogen) atoms. The lowest BCUT2D eigenvalue weighted by molar-refractivity contribution is -0.119. The standard InChI is InChI=1S/C26H22N2O8/c1-33-20-12-16(13-21(34-2)23(20)35-3)27-22(29)14-36-26(32)15-8-10-17(11-9-15)28-24(30)18-6-4-5-7-19(18)25(28)31/h4-13H,14H2,1-3H3,(H,27,29). The number of hydrogen-bond donors (Lipinski definition) is 1. The third-order valence-corrected chi connectivity index (χ3v) is 5.44. The molecular formula is C26H22N2O8. The van der Waals surface area contributed by atoms with Crippen LogP contribution >= 0.6 is 0 Å². The molecule has 184 valence electrons. The van der Waals surface area contributed by atoms with Gasteiger partial charge in [0.2, 0.25) is 5.75 Å². The molecule has 3 amide bonds. The van der Waals surface area contributed by atoms with Crippen LogP contribution in [0.1, 0.15) is 31.1 Å². The van der Waals surface area contributed by atoms with E-state index in [1.54, 1.807) is 36.4 Å². The van der Waals surface area contributed by atoms with Crippen molar-refractivity contribution in [3.8, 4) is 17.2 Å². The van der Waals surface area contributed by atoms with E-state index in [4.69, 9.17) is 18.9 Å². The number of amides is 3. The summed E-state index contributed by atoms with van der Waals surface area (Å²) in [6, 6.07) is 15.4. The highest BCUT2D eigenvalue weighted by Crippen LogP contribution is 2.39. The molecule has 1 heterocycles. The number of rotatable bonds is 8. The number of nitrogens with zero attached hydrogens (tertiary/aromatic N) is 1. The Balaban J connectivity index is 1.38. The zero-order chi connectivity index (χ0) is 25.8. The number of esters is 1. The summed E-state index contributed by atoms with van der Waals surface area (Å²) in [6.45, 7) is -0.546. The van der Waals surface area contributed by atoms with Gasteiger partial charge in [-0.3, -0.25) is 14.4 Å². The average Bonchev–Trinajstić information content (AvgIpc) is 3.16. The first-order chi connectivity index (χ1) is 17.4. The van der Waals surface area contributed by atoms with E-state index < -0.39 is 30.3 Å². The molecule has 0 unspecified atom stereocenters.